The molecule has 0 aliphatic heterocycles. The lowest BCUT2D eigenvalue weighted by atomic mass is 10.2. The second kappa shape index (κ2) is 7.85. The number of thioether (sulfide) groups is 2. The van der Waals surface area contributed by atoms with Crippen molar-refractivity contribution in [3.05, 3.63) is 47.3 Å². The molecule has 0 aliphatic carbocycles. The normalized spacial score (nSPS) is 10.9. The topological polar surface area (TPSA) is 61.0 Å². The smallest absolute Gasteiger partial charge is 0.175 e. The van der Waals surface area contributed by atoms with Crippen LogP contribution in [0.1, 0.15) is 17.0 Å². The molecule has 5 nitrogen and oxygen atoms in total. The molecule has 0 unspecified atom stereocenters. The van der Waals surface area contributed by atoms with Crippen LogP contribution in [-0.4, -0.2) is 22.5 Å². The number of aryl methyl sites for hydroxylation is 1. The van der Waals surface area contributed by atoms with Gasteiger partial charge < -0.3 is 9.26 Å². The predicted octanol–water partition coefficient (Wildman–Crippen LogP) is 4.43. The summed E-state index contributed by atoms with van der Waals surface area (Å²) in [6.07, 6.45) is 0. The number of ether oxygens (including phenoxy) is 1. The highest BCUT2D eigenvalue weighted by Crippen LogP contribution is 2.32. The van der Waals surface area contributed by atoms with E-state index >= 15 is 0 Å². The Morgan fingerprint density at radius 1 is 1.09 bits per heavy atom. The number of hydrogen-bond acceptors (Lipinski definition) is 8. The third-order valence-electron chi connectivity index (χ3n) is 2.93. The number of hydrogen-bond donors (Lipinski definition) is 0. The van der Waals surface area contributed by atoms with E-state index in [0.29, 0.717) is 0 Å². The molecule has 0 saturated heterocycles. The number of aromatic nitrogens is 3. The highest BCUT2D eigenvalue weighted by atomic mass is 32.2. The third kappa shape index (κ3) is 4.73. The van der Waals surface area contributed by atoms with Gasteiger partial charge in [0.05, 0.1) is 12.8 Å². The summed E-state index contributed by atoms with van der Waals surface area (Å²) < 4.78 is 12.1. The van der Waals surface area contributed by atoms with E-state index in [-0.39, 0.29) is 0 Å². The first-order valence-electron chi connectivity index (χ1n) is 6.87. The number of nitrogens with zero attached hydrogens (tertiary/aromatic N) is 3. The summed E-state index contributed by atoms with van der Waals surface area (Å²) >= 11 is 4.92. The molecule has 2 heterocycles. The van der Waals surface area contributed by atoms with Crippen LogP contribution in [0.15, 0.2) is 43.5 Å². The molecule has 23 heavy (non-hydrogen) atoms. The largest absolute Gasteiger partial charge is 0.497 e. The van der Waals surface area contributed by atoms with Gasteiger partial charge >= 0.3 is 0 Å². The van der Waals surface area contributed by atoms with Gasteiger partial charge in [0.25, 0.3) is 0 Å². The lowest BCUT2D eigenvalue weighted by Gasteiger charge is -2.01. The number of methoxy groups -OCH3 is 1. The van der Waals surface area contributed by atoms with E-state index in [1.54, 1.807) is 42.0 Å². The molecule has 0 aliphatic rings. The molecule has 0 radical (unpaired) electrons. The molecular weight excluding hydrogens is 350 g/mol. The zero-order valence-electron chi connectivity index (χ0n) is 12.7. The van der Waals surface area contributed by atoms with Crippen molar-refractivity contribution in [2.24, 2.45) is 0 Å². The van der Waals surface area contributed by atoms with Crippen LogP contribution in [0.4, 0.5) is 0 Å². The van der Waals surface area contributed by atoms with Gasteiger partial charge in [-0.1, -0.05) is 52.1 Å². The van der Waals surface area contributed by atoms with Crippen LogP contribution < -0.4 is 4.74 Å². The van der Waals surface area contributed by atoms with E-state index in [9.17, 15) is 0 Å². The van der Waals surface area contributed by atoms with Gasteiger partial charge in [0, 0.05) is 17.6 Å². The number of rotatable bonds is 7. The van der Waals surface area contributed by atoms with E-state index in [1.165, 1.54) is 5.56 Å². The molecule has 1 aromatic carbocycles. The molecular formula is C15H15N3O2S3. The summed E-state index contributed by atoms with van der Waals surface area (Å²) in [5.74, 6) is 3.31. The summed E-state index contributed by atoms with van der Waals surface area (Å²) in [6.45, 7) is 1.89. The summed E-state index contributed by atoms with van der Waals surface area (Å²) in [7, 11) is 1.67. The minimum absolute atomic E-state index is 0.745. The minimum atomic E-state index is 0.745. The molecule has 0 atom stereocenters. The first-order valence-corrected chi connectivity index (χ1v) is 9.66. The van der Waals surface area contributed by atoms with Crippen molar-refractivity contribution in [3.8, 4) is 5.75 Å². The SMILES string of the molecule is COc1ccc(CSc2nnc(SCc3cc(C)on3)s2)cc1. The molecule has 0 N–H and O–H groups in total. The van der Waals surface area contributed by atoms with Crippen LogP contribution in [0.5, 0.6) is 5.75 Å². The average Bonchev–Trinajstić information content (AvgIpc) is 3.20. The van der Waals surface area contributed by atoms with Gasteiger partial charge in [-0.2, -0.15) is 0 Å². The summed E-state index contributed by atoms with van der Waals surface area (Å²) in [5.41, 5.74) is 2.16. The highest BCUT2D eigenvalue weighted by molar-refractivity contribution is 8.02. The molecule has 0 saturated carbocycles. The Morgan fingerprint density at radius 2 is 1.78 bits per heavy atom. The predicted molar refractivity (Wildman–Crippen MR) is 93.3 cm³/mol. The highest BCUT2D eigenvalue weighted by Gasteiger charge is 2.08. The zero-order valence-corrected chi connectivity index (χ0v) is 15.1. The first kappa shape index (κ1) is 16.4. The lowest BCUT2D eigenvalue weighted by Crippen LogP contribution is -1.84. The van der Waals surface area contributed by atoms with Crippen LogP contribution >= 0.6 is 34.9 Å². The number of benzene rings is 1. The van der Waals surface area contributed by atoms with Crippen molar-refractivity contribution in [3.63, 3.8) is 0 Å². The van der Waals surface area contributed by atoms with E-state index in [2.05, 4.69) is 27.5 Å². The van der Waals surface area contributed by atoms with Gasteiger partial charge in [0.15, 0.2) is 8.68 Å². The zero-order chi connectivity index (χ0) is 16.1. The third-order valence-corrected chi connectivity index (χ3v) is 6.22. The van der Waals surface area contributed by atoms with Crippen molar-refractivity contribution in [2.75, 3.05) is 7.11 Å². The maximum atomic E-state index is 5.16. The summed E-state index contributed by atoms with van der Waals surface area (Å²) in [6, 6.07) is 10.0. The fourth-order valence-electron chi connectivity index (χ4n) is 1.80. The van der Waals surface area contributed by atoms with Crippen molar-refractivity contribution >= 4 is 34.9 Å². The average molecular weight is 366 g/mol. The van der Waals surface area contributed by atoms with Gasteiger partial charge in [0.2, 0.25) is 0 Å². The minimum Gasteiger partial charge on any atom is -0.497 e. The molecule has 0 spiro atoms. The molecule has 8 heteroatoms. The maximum Gasteiger partial charge on any atom is 0.175 e. The monoisotopic (exact) mass is 365 g/mol. The second-order valence-electron chi connectivity index (χ2n) is 4.69. The summed E-state index contributed by atoms with van der Waals surface area (Å²) in [5, 5.41) is 12.4. The molecule has 2 aromatic heterocycles. The molecule has 0 amide bonds. The maximum absolute atomic E-state index is 5.16. The quantitative estimate of drug-likeness (QED) is 0.574. The van der Waals surface area contributed by atoms with Crippen LogP contribution in [0, 0.1) is 6.92 Å². The van der Waals surface area contributed by atoms with Gasteiger partial charge in [-0.15, -0.1) is 10.2 Å². The summed E-state index contributed by atoms with van der Waals surface area (Å²) in [4.78, 5) is 0. The van der Waals surface area contributed by atoms with E-state index in [1.807, 2.05) is 25.1 Å². The van der Waals surface area contributed by atoms with E-state index in [4.69, 9.17) is 9.26 Å². The Labute approximate surface area is 146 Å². The van der Waals surface area contributed by atoms with Gasteiger partial charge in [-0.3, -0.25) is 0 Å². The standard InChI is InChI=1S/C15H15N3O2S3/c1-10-7-12(18-20-10)9-22-15-17-16-14(23-15)21-8-11-3-5-13(19-2)6-4-11/h3-7H,8-9H2,1-2H3. The first-order chi connectivity index (χ1) is 11.2. The Morgan fingerprint density at radius 3 is 2.39 bits per heavy atom. The van der Waals surface area contributed by atoms with Crippen LogP contribution in [0.25, 0.3) is 0 Å². The van der Waals surface area contributed by atoms with Crippen molar-refractivity contribution < 1.29 is 9.26 Å². The van der Waals surface area contributed by atoms with Gasteiger partial charge in [-0.05, 0) is 24.6 Å². The lowest BCUT2D eigenvalue weighted by molar-refractivity contribution is 0.393. The molecule has 120 valence electrons. The molecule has 3 rings (SSSR count). The fourth-order valence-corrected chi connectivity index (χ4v) is 4.66. The van der Waals surface area contributed by atoms with Crippen LogP contribution in [-0.2, 0) is 11.5 Å². The van der Waals surface area contributed by atoms with Gasteiger partial charge in [0.1, 0.15) is 11.5 Å². The van der Waals surface area contributed by atoms with Crippen LogP contribution in [0.3, 0.4) is 0 Å². The Balaban J connectivity index is 1.50. The van der Waals surface area contributed by atoms with Crippen LogP contribution in [0.2, 0.25) is 0 Å². The molecule has 0 bridgehead atoms. The molecule has 3 aromatic rings. The van der Waals surface area contributed by atoms with Crippen molar-refractivity contribution in [2.45, 2.75) is 27.1 Å². The van der Waals surface area contributed by atoms with Crippen molar-refractivity contribution in [1.29, 1.82) is 0 Å². The Bertz CT molecular complexity index is 755. The fraction of sp³-hybridized carbons (Fsp3) is 0.267. The van der Waals surface area contributed by atoms with Gasteiger partial charge in [-0.25, -0.2) is 0 Å². The second-order valence-corrected chi connectivity index (χ2v) is 8.11. The Hall–Kier alpha value is -1.51. The van der Waals surface area contributed by atoms with E-state index in [0.717, 1.165) is 37.4 Å². The van der Waals surface area contributed by atoms with Crippen molar-refractivity contribution in [1.82, 2.24) is 15.4 Å². The molecule has 0 fully saturated rings. The van der Waals surface area contributed by atoms with E-state index < -0.39 is 0 Å². The Kier molecular flexibility index (Phi) is 5.58.